The van der Waals surface area contributed by atoms with Crippen molar-refractivity contribution in [2.24, 2.45) is 0 Å². The Morgan fingerprint density at radius 3 is 2.55 bits per heavy atom. The van der Waals surface area contributed by atoms with Gasteiger partial charge in [-0.15, -0.1) is 0 Å². The maximum absolute atomic E-state index is 13.0. The molecule has 0 saturated carbocycles. The molecule has 0 spiro atoms. The van der Waals surface area contributed by atoms with Gasteiger partial charge in [0.25, 0.3) is 0 Å². The first-order valence-corrected chi connectivity index (χ1v) is 7.70. The molecule has 0 unspecified atom stereocenters. The molecule has 20 heavy (non-hydrogen) atoms. The summed E-state index contributed by atoms with van der Waals surface area (Å²) in [5.74, 6) is -2.12. The number of halogens is 2. The largest absolute Gasteiger partial charge is 0.317 e. The molecule has 0 aliphatic rings. The Morgan fingerprint density at radius 2 is 1.95 bits per heavy atom. The fraction of sp³-hybridized carbons (Fsp3) is 0.500. The fourth-order valence-electron chi connectivity index (χ4n) is 1.51. The van der Waals surface area contributed by atoms with Gasteiger partial charge in [-0.25, -0.2) is 8.78 Å². The number of benzene rings is 1. The van der Waals surface area contributed by atoms with E-state index in [0.717, 1.165) is 23.0 Å². The summed E-state index contributed by atoms with van der Waals surface area (Å²) in [5.41, 5.74) is -0.0116. The first-order chi connectivity index (χ1) is 9.36. The lowest BCUT2D eigenvalue weighted by atomic mass is 10.3. The van der Waals surface area contributed by atoms with E-state index in [1.165, 1.54) is 13.1 Å². The summed E-state index contributed by atoms with van der Waals surface area (Å²) in [7, 11) is -2.34. The lowest BCUT2D eigenvalue weighted by Gasteiger charge is -2.18. The molecule has 0 fully saturated rings. The van der Waals surface area contributed by atoms with Crippen molar-refractivity contribution in [1.82, 2.24) is 9.62 Å². The zero-order chi connectivity index (χ0) is 15.2. The van der Waals surface area contributed by atoms with Crippen molar-refractivity contribution in [3.8, 4) is 0 Å². The van der Waals surface area contributed by atoms with E-state index >= 15 is 0 Å². The molecule has 1 aromatic rings. The Balaban J connectivity index is 2.61. The third-order valence-corrected chi connectivity index (χ3v) is 4.15. The van der Waals surface area contributed by atoms with Gasteiger partial charge in [0.05, 0.1) is 5.69 Å². The predicted molar refractivity (Wildman–Crippen MR) is 74.7 cm³/mol. The topological polar surface area (TPSA) is 61.4 Å². The second-order valence-corrected chi connectivity index (χ2v) is 6.04. The van der Waals surface area contributed by atoms with Crippen LogP contribution in [0, 0.1) is 11.6 Å². The van der Waals surface area contributed by atoms with Crippen LogP contribution in [0.4, 0.5) is 14.5 Å². The van der Waals surface area contributed by atoms with Crippen LogP contribution in [0.2, 0.25) is 0 Å². The summed E-state index contributed by atoms with van der Waals surface area (Å²) < 4.78 is 53.0. The number of hydrogen-bond donors (Lipinski definition) is 2. The van der Waals surface area contributed by atoms with E-state index in [2.05, 4.69) is 10.0 Å². The maximum Gasteiger partial charge on any atom is 0.301 e. The normalized spacial score (nSPS) is 11.8. The average Bonchev–Trinajstić information content (AvgIpc) is 2.38. The van der Waals surface area contributed by atoms with Crippen molar-refractivity contribution >= 4 is 15.9 Å². The van der Waals surface area contributed by atoms with Crippen LogP contribution in [-0.2, 0) is 10.2 Å². The summed E-state index contributed by atoms with van der Waals surface area (Å²) in [6.45, 7) is 3.82. The molecule has 0 amide bonds. The average molecular weight is 307 g/mol. The molecule has 0 bridgehead atoms. The van der Waals surface area contributed by atoms with Crippen LogP contribution >= 0.6 is 0 Å². The Labute approximate surface area is 118 Å². The second-order valence-electron chi connectivity index (χ2n) is 4.26. The standard InChI is InChI=1S/C12H19F2N3O2S/c1-3-15-7-4-8-17(2)20(18,19)16-10-5-6-11(13)12(14)9-10/h5-6,9,15-16H,3-4,7-8H2,1-2H3. The van der Waals surface area contributed by atoms with Gasteiger partial charge in [0.1, 0.15) is 0 Å². The van der Waals surface area contributed by atoms with Crippen molar-refractivity contribution in [2.75, 3.05) is 31.4 Å². The summed E-state index contributed by atoms with van der Waals surface area (Å²) >= 11 is 0. The third-order valence-electron chi connectivity index (χ3n) is 2.65. The van der Waals surface area contributed by atoms with Gasteiger partial charge in [0.15, 0.2) is 11.6 Å². The summed E-state index contributed by atoms with van der Waals surface area (Å²) in [5, 5.41) is 3.09. The highest BCUT2D eigenvalue weighted by Crippen LogP contribution is 2.15. The number of rotatable bonds is 8. The Morgan fingerprint density at radius 1 is 1.25 bits per heavy atom. The van der Waals surface area contributed by atoms with E-state index in [1.54, 1.807) is 0 Å². The molecule has 2 N–H and O–H groups in total. The molecular formula is C12H19F2N3O2S. The molecule has 8 heteroatoms. The fourth-order valence-corrected chi connectivity index (χ4v) is 2.46. The summed E-state index contributed by atoms with van der Waals surface area (Å²) in [4.78, 5) is 0. The van der Waals surface area contributed by atoms with Gasteiger partial charge in [-0.2, -0.15) is 12.7 Å². The molecule has 0 heterocycles. The number of nitrogens with one attached hydrogen (secondary N) is 2. The van der Waals surface area contributed by atoms with Crippen LogP contribution in [0.1, 0.15) is 13.3 Å². The van der Waals surface area contributed by atoms with E-state index < -0.39 is 21.8 Å². The molecule has 114 valence electrons. The lowest BCUT2D eigenvalue weighted by molar-refractivity contribution is 0.459. The molecule has 0 aromatic heterocycles. The SMILES string of the molecule is CCNCCCN(C)S(=O)(=O)Nc1ccc(F)c(F)c1. The number of anilines is 1. The second kappa shape index (κ2) is 7.51. The van der Waals surface area contributed by atoms with E-state index in [1.807, 2.05) is 6.92 Å². The maximum atomic E-state index is 13.0. The van der Waals surface area contributed by atoms with Crippen molar-refractivity contribution < 1.29 is 17.2 Å². The third kappa shape index (κ3) is 5.03. The van der Waals surface area contributed by atoms with Gasteiger partial charge >= 0.3 is 10.2 Å². The highest BCUT2D eigenvalue weighted by Gasteiger charge is 2.17. The monoisotopic (exact) mass is 307 g/mol. The minimum absolute atomic E-state index is 0.0116. The number of hydrogen-bond acceptors (Lipinski definition) is 3. The lowest BCUT2D eigenvalue weighted by Crippen LogP contribution is -2.34. The molecule has 0 saturated heterocycles. The zero-order valence-corrected chi connectivity index (χ0v) is 12.3. The quantitative estimate of drug-likeness (QED) is 0.716. The van der Waals surface area contributed by atoms with Crippen molar-refractivity contribution in [1.29, 1.82) is 0 Å². The minimum Gasteiger partial charge on any atom is -0.317 e. The van der Waals surface area contributed by atoms with E-state index in [0.29, 0.717) is 19.5 Å². The Kier molecular flexibility index (Phi) is 6.31. The first kappa shape index (κ1) is 16.8. The molecule has 5 nitrogen and oxygen atoms in total. The van der Waals surface area contributed by atoms with Gasteiger partial charge in [-0.05, 0) is 31.6 Å². The van der Waals surface area contributed by atoms with Gasteiger partial charge in [0, 0.05) is 19.7 Å². The van der Waals surface area contributed by atoms with Crippen LogP contribution in [0.25, 0.3) is 0 Å². The van der Waals surface area contributed by atoms with Crippen LogP contribution in [0.5, 0.6) is 0 Å². The smallest absolute Gasteiger partial charge is 0.301 e. The van der Waals surface area contributed by atoms with Crippen molar-refractivity contribution in [2.45, 2.75) is 13.3 Å². The number of nitrogens with zero attached hydrogens (tertiary/aromatic N) is 1. The Hall–Kier alpha value is -1.25. The van der Waals surface area contributed by atoms with Crippen LogP contribution < -0.4 is 10.0 Å². The van der Waals surface area contributed by atoms with E-state index in [-0.39, 0.29) is 5.69 Å². The van der Waals surface area contributed by atoms with Crippen LogP contribution in [0.3, 0.4) is 0 Å². The highest BCUT2D eigenvalue weighted by atomic mass is 32.2. The zero-order valence-electron chi connectivity index (χ0n) is 11.5. The predicted octanol–water partition coefficient (Wildman–Crippen LogP) is 1.55. The van der Waals surface area contributed by atoms with Crippen molar-refractivity contribution in [3.63, 3.8) is 0 Å². The van der Waals surface area contributed by atoms with Crippen molar-refractivity contribution in [3.05, 3.63) is 29.8 Å². The van der Waals surface area contributed by atoms with Gasteiger partial charge in [-0.3, -0.25) is 4.72 Å². The molecule has 0 aliphatic heterocycles. The molecule has 1 rings (SSSR count). The van der Waals surface area contributed by atoms with Gasteiger partial charge < -0.3 is 5.32 Å². The summed E-state index contributed by atoms with van der Waals surface area (Å²) in [6.07, 6.45) is 0.656. The van der Waals surface area contributed by atoms with E-state index in [9.17, 15) is 17.2 Å². The molecule has 1 aromatic carbocycles. The summed E-state index contributed by atoms with van der Waals surface area (Å²) in [6, 6.07) is 2.85. The minimum atomic E-state index is -3.76. The first-order valence-electron chi connectivity index (χ1n) is 6.26. The van der Waals surface area contributed by atoms with Crippen LogP contribution in [-0.4, -0.2) is 39.4 Å². The molecule has 0 aliphatic carbocycles. The van der Waals surface area contributed by atoms with Gasteiger partial charge in [0.2, 0.25) is 0 Å². The van der Waals surface area contributed by atoms with E-state index in [4.69, 9.17) is 0 Å². The van der Waals surface area contributed by atoms with Gasteiger partial charge in [-0.1, -0.05) is 6.92 Å². The molecule has 0 radical (unpaired) electrons. The molecule has 0 atom stereocenters. The van der Waals surface area contributed by atoms with Crippen LogP contribution in [0.15, 0.2) is 18.2 Å². The Bertz CT molecular complexity index is 538. The molecular weight excluding hydrogens is 288 g/mol. The highest BCUT2D eigenvalue weighted by molar-refractivity contribution is 7.90.